The summed E-state index contributed by atoms with van der Waals surface area (Å²) in [6.45, 7) is 4.33. The molecule has 0 saturated carbocycles. The van der Waals surface area contributed by atoms with E-state index in [4.69, 9.17) is 19.8 Å². The highest BCUT2D eigenvalue weighted by Crippen LogP contribution is 2.32. The van der Waals surface area contributed by atoms with Crippen LogP contribution in [0, 0.1) is 0 Å². The first-order valence-electron chi connectivity index (χ1n) is 8.27. The number of aromatic nitrogens is 2. The highest BCUT2D eigenvalue weighted by atomic mass is 32.2. The Hall–Kier alpha value is -1.75. The van der Waals surface area contributed by atoms with E-state index in [1.165, 1.54) is 27.1 Å². The van der Waals surface area contributed by atoms with Crippen molar-refractivity contribution in [1.29, 1.82) is 0 Å². The number of thioether (sulfide) groups is 1. The van der Waals surface area contributed by atoms with Gasteiger partial charge in [0.2, 0.25) is 0 Å². The Morgan fingerprint density at radius 1 is 1.22 bits per heavy atom. The van der Waals surface area contributed by atoms with E-state index in [0.29, 0.717) is 0 Å². The number of carbonyl (C=O) groups is 2. The van der Waals surface area contributed by atoms with Gasteiger partial charge in [0.15, 0.2) is 0 Å². The zero-order valence-corrected chi connectivity index (χ0v) is 17.5. The average molecular weight is 428 g/mol. The normalized spacial score (nSPS) is 14.2. The first kappa shape index (κ1) is 21.5. The van der Waals surface area contributed by atoms with Crippen molar-refractivity contribution < 1.29 is 19.8 Å². The Balaban J connectivity index is 0.000000380. The summed E-state index contributed by atoms with van der Waals surface area (Å²) in [4.78, 5) is 23.4. The lowest BCUT2D eigenvalue weighted by atomic mass is 10.1. The summed E-state index contributed by atoms with van der Waals surface area (Å²) in [5.74, 6) is -2.66. The third-order valence-corrected chi connectivity index (χ3v) is 6.77. The second kappa shape index (κ2) is 10.5. The molecule has 3 heterocycles. The zero-order chi connectivity index (χ0) is 19.8. The quantitative estimate of drug-likeness (QED) is 0.553. The van der Waals surface area contributed by atoms with Gasteiger partial charge in [0.05, 0.1) is 11.7 Å². The van der Waals surface area contributed by atoms with E-state index in [0.717, 1.165) is 42.4 Å². The molecule has 27 heavy (non-hydrogen) atoms. The minimum absolute atomic E-state index is 0.984. The van der Waals surface area contributed by atoms with Crippen LogP contribution in [0.1, 0.15) is 28.8 Å². The lowest BCUT2D eigenvalue weighted by Gasteiger charge is -2.22. The zero-order valence-electron chi connectivity index (χ0n) is 15.0. The molecular weight excluding hydrogens is 406 g/mol. The summed E-state index contributed by atoms with van der Waals surface area (Å²) in [6, 6.07) is 4.48. The summed E-state index contributed by atoms with van der Waals surface area (Å²) >= 11 is 5.05. The molecule has 7 nitrogen and oxygen atoms in total. The number of carboxylic acid groups (broad SMARTS) is 2. The molecule has 0 saturated heterocycles. The summed E-state index contributed by atoms with van der Waals surface area (Å²) in [5, 5.41) is 15.9. The van der Waals surface area contributed by atoms with Gasteiger partial charge in [-0.3, -0.25) is 0 Å². The molecule has 0 radical (unpaired) electrons. The van der Waals surface area contributed by atoms with Crippen molar-refractivity contribution in [3.8, 4) is 0 Å². The lowest BCUT2D eigenvalue weighted by molar-refractivity contribution is -0.159. The molecule has 0 unspecified atom stereocenters. The minimum atomic E-state index is -1.82. The van der Waals surface area contributed by atoms with Gasteiger partial charge < -0.3 is 15.1 Å². The number of thiophene rings is 1. The van der Waals surface area contributed by atoms with Gasteiger partial charge in [-0.05, 0) is 37.6 Å². The number of carboxylic acids is 2. The second-order valence-corrected chi connectivity index (χ2v) is 8.54. The van der Waals surface area contributed by atoms with Crippen LogP contribution in [0.4, 0.5) is 0 Å². The average Bonchev–Trinajstić information content (AvgIpc) is 3.29. The fraction of sp³-hybridized carbons (Fsp3) is 0.412. The van der Waals surface area contributed by atoms with Gasteiger partial charge in [-0.25, -0.2) is 9.59 Å². The maximum atomic E-state index is 9.10. The predicted octanol–water partition coefficient (Wildman–Crippen LogP) is 3.33. The third kappa shape index (κ3) is 6.73. The largest absolute Gasteiger partial charge is 0.473 e. The Bertz CT molecular complexity index is 804. The molecule has 0 aliphatic carbocycles. The lowest BCUT2D eigenvalue weighted by Crippen LogP contribution is -2.25. The summed E-state index contributed by atoms with van der Waals surface area (Å²) in [6.07, 6.45) is 4.55. The molecule has 0 atom stereocenters. The molecule has 1 aliphatic rings. The van der Waals surface area contributed by atoms with E-state index < -0.39 is 11.9 Å². The number of hydrogen-bond acceptors (Lipinski definition) is 8. The highest BCUT2D eigenvalue weighted by molar-refractivity contribution is 7.98. The number of likely N-dealkylation sites (N-methyl/N-ethyl adjacent to an activating group) is 1. The van der Waals surface area contributed by atoms with E-state index in [1.54, 1.807) is 0 Å². The maximum Gasteiger partial charge on any atom is 0.414 e. The van der Waals surface area contributed by atoms with Crippen molar-refractivity contribution in [3.05, 3.63) is 33.7 Å². The molecule has 2 N–H and O–H groups in total. The van der Waals surface area contributed by atoms with E-state index in [9.17, 15) is 0 Å². The number of rotatable bonds is 5. The van der Waals surface area contributed by atoms with Gasteiger partial charge in [0.25, 0.3) is 0 Å². The topological polar surface area (TPSA) is 104 Å². The Kier molecular flexibility index (Phi) is 8.42. The molecular formula is C17H21N3O4S3. The first-order chi connectivity index (χ1) is 12.9. The van der Waals surface area contributed by atoms with Crippen LogP contribution in [0.15, 0.2) is 23.2 Å². The smallest absolute Gasteiger partial charge is 0.414 e. The van der Waals surface area contributed by atoms with Crippen molar-refractivity contribution in [3.63, 3.8) is 0 Å². The molecule has 3 rings (SSSR count). The van der Waals surface area contributed by atoms with E-state index in [1.807, 2.05) is 23.1 Å². The number of aliphatic carboxylic acids is 2. The molecule has 0 aromatic carbocycles. The van der Waals surface area contributed by atoms with Gasteiger partial charge in [0, 0.05) is 28.6 Å². The van der Waals surface area contributed by atoms with Crippen molar-refractivity contribution >= 4 is 52.3 Å². The summed E-state index contributed by atoms with van der Waals surface area (Å²) < 4.78 is 9.02. The molecule has 2 aromatic heterocycles. The molecule has 146 valence electrons. The number of nitrogens with zero attached hydrogens (tertiary/aromatic N) is 3. The van der Waals surface area contributed by atoms with Crippen molar-refractivity contribution in [2.24, 2.45) is 0 Å². The second-order valence-electron chi connectivity index (χ2n) is 5.79. The van der Waals surface area contributed by atoms with Gasteiger partial charge in [0.1, 0.15) is 10.7 Å². The molecule has 0 amide bonds. The van der Waals surface area contributed by atoms with Crippen molar-refractivity contribution in [2.75, 3.05) is 20.1 Å². The van der Waals surface area contributed by atoms with E-state index in [2.05, 4.69) is 45.8 Å². The molecule has 1 aliphatic heterocycles. The van der Waals surface area contributed by atoms with Crippen LogP contribution in [0.3, 0.4) is 0 Å². The van der Waals surface area contributed by atoms with Crippen LogP contribution < -0.4 is 0 Å². The molecule has 0 bridgehead atoms. The monoisotopic (exact) mass is 427 g/mol. The van der Waals surface area contributed by atoms with Crippen molar-refractivity contribution in [2.45, 2.75) is 30.5 Å². The van der Waals surface area contributed by atoms with Crippen LogP contribution in [-0.2, 0) is 21.8 Å². The highest BCUT2D eigenvalue weighted by Gasteiger charge is 2.17. The van der Waals surface area contributed by atoms with Gasteiger partial charge >= 0.3 is 11.9 Å². The SMILES string of the molecule is CCc1ccc(CSc2nsnc2C2=CCCN(C)C2)s1.O=C(O)C(=O)O. The van der Waals surface area contributed by atoms with Crippen molar-refractivity contribution in [1.82, 2.24) is 13.6 Å². The maximum absolute atomic E-state index is 9.10. The fourth-order valence-electron chi connectivity index (χ4n) is 2.37. The van der Waals surface area contributed by atoms with Crippen LogP contribution >= 0.6 is 34.8 Å². The van der Waals surface area contributed by atoms with Crippen LogP contribution in [-0.4, -0.2) is 55.9 Å². The molecule has 0 fully saturated rings. The van der Waals surface area contributed by atoms with Crippen LogP contribution in [0.25, 0.3) is 5.57 Å². The molecule has 2 aromatic rings. The summed E-state index contributed by atoms with van der Waals surface area (Å²) in [5.41, 5.74) is 2.43. The summed E-state index contributed by atoms with van der Waals surface area (Å²) in [7, 11) is 2.16. The van der Waals surface area contributed by atoms with Crippen LogP contribution in [0.2, 0.25) is 0 Å². The van der Waals surface area contributed by atoms with Crippen LogP contribution in [0.5, 0.6) is 0 Å². The van der Waals surface area contributed by atoms with Gasteiger partial charge in [-0.15, -0.1) is 11.3 Å². The predicted molar refractivity (Wildman–Crippen MR) is 109 cm³/mol. The standard InChI is InChI=1S/C15H19N3S3.C2H2O4/c1-3-12-6-7-13(20-12)10-19-15-14(16-21-17-15)11-5-4-8-18(2)9-11;3-1(4)2(5)6/h5-7H,3-4,8-10H2,1-2H3;(H,3,4)(H,5,6). The third-order valence-electron chi connectivity index (χ3n) is 3.70. The van der Waals surface area contributed by atoms with Gasteiger partial charge in [-0.1, -0.05) is 24.8 Å². The molecule has 10 heteroatoms. The number of hydrogen-bond donors (Lipinski definition) is 2. The van der Waals surface area contributed by atoms with Gasteiger partial charge in [-0.2, -0.15) is 8.75 Å². The van der Waals surface area contributed by atoms with E-state index >= 15 is 0 Å². The fourth-order valence-corrected chi connectivity index (χ4v) is 5.08. The Morgan fingerprint density at radius 2 is 1.93 bits per heavy atom. The first-order valence-corrected chi connectivity index (χ1v) is 10.8. The minimum Gasteiger partial charge on any atom is -0.473 e. The number of aryl methyl sites for hydroxylation is 1. The Labute approximate surface area is 170 Å². The van der Waals surface area contributed by atoms with E-state index in [-0.39, 0.29) is 0 Å². The molecule has 0 spiro atoms. The Morgan fingerprint density at radius 3 is 2.52 bits per heavy atom.